The number of fused-ring (bicyclic) bond motifs is 1. The Morgan fingerprint density at radius 1 is 0.892 bits per heavy atom. The van der Waals surface area contributed by atoms with Crippen LogP contribution in [-0.2, 0) is 9.47 Å². The summed E-state index contributed by atoms with van der Waals surface area (Å²) in [6.45, 7) is 4.23. The number of morpholine rings is 1. The highest BCUT2D eigenvalue weighted by atomic mass is 16.5. The largest absolute Gasteiger partial charge is 0.465 e. The number of ketones is 1. The van der Waals surface area contributed by atoms with E-state index in [4.69, 9.17) is 14.5 Å². The summed E-state index contributed by atoms with van der Waals surface area (Å²) in [6.07, 6.45) is 5.27. The van der Waals surface area contributed by atoms with Crippen molar-refractivity contribution < 1.29 is 23.9 Å². The highest BCUT2D eigenvalue weighted by molar-refractivity contribution is 6.07. The molecule has 0 saturated carbocycles. The van der Waals surface area contributed by atoms with Gasteiger partial charge >= 0.3 is 5.97 Å². The molecule has 0 bridgehead atoms. The van der Waals surface area contributed by atoms with Crippen LogP contribution in [-0.4, -0.2) is 74.0 Å². The maximum atomic E-state index is 12.9. The lowest BCUT2D eigenvalue weighted by molar-refractivity contribution is 0.0600. The van der Waals surface area contributed by atoms with Crippen LogP contribution in [0.4, 0.5) is 5.69 Å². The molecule has 0 spiro atoms. The van der Waals surface area contributed by atoms with Crippen LogP contribution in [0.5, 0.6) is 0 Å². The van der Waals surface area contributed by atoms with E-state index in [-0.39, 0.29) is 11.7 Å². The summed E-state index contributed by atoms with van der Waals surface area (Å²) in [7, 11) is 1.36. The summed E-state index contributed by atoms with van der Waals surface area (Å²) in [5, 5.41) is 0.839. The lowest BCUT2D eigenvalue weighted by atomic mass is 10.1. The monoisotopic (exact) mass is 499 g/mol. The molecule has 2 saturated heterocycles. The zero-order valence-electron chi connectivity index (χ0n) is 20.8. The second-order valence-electron chi connectivity index (χ2n) is 9.16. The number of amides is 1. The summed E-state index contributed by atoms with van der Waals surface area (Å²) in [5.74, 6) is -0.563. The smallest absolute Gasteiger partial charge is 0.337 e. The van der Waals surface area contributed by atoms with Crippen molar-refractivity contribution in [2.75, 3.05) is 51.4 Å². The molecule has 1 aromatic heterocycles. The first-order chi connectivity index (χ1) is 18.0. The molecule has 190 valence electrons. The fraction of sp³-hybridized carbons (Fsp3) is 0.310. The van der Waals surface area contributed by atoms with Crippen LogP contribution in [0.3, 0.4) is 0 Å². The van der Waals surface area contributed by atoms with E-state index in [1.54, 1.807) is 48.5 Å². The van der Waals surface area contributed by atoms with Crippen LogP contribution >= 0.6 is 0 Å². The van der Waals surface area contributed by atoms with E-state index in [1.807, 2.05) is 11.0 Å². The van der Waals surface area contributed by atoms with Crippen LogP contribution in [0.15, 0.2) is 54.6 Å². The van der Waals surface area contributed by atoms with Gasteiger partial charge in [-0.15, -0.1) is 0 Å². The van der Waals surface area contributed by atoms with E-state index in [9.17, 15) is 14.4 Å². The van der Waals surface area contributed by atoms with Gasteiger partial charge in [0, 0.05) is 48.4 Å². The molecule has 0 unspecified atom stereocenters. The van der Waals surface area contributed by atoms with Crippen molar-refractivity contribution in [3.8, 4) is 0 Å². The van der Waals surface area contributed by atoms with Crippen molar-refractivity contribution in [3.05, 3.63) is 77.0 Å². The number of methoxy groups -OCH3 is 1. The molecule has 0 N–H and O–H groups in total. The molecule has 37 heavy (non-hydrogen) atoms. The third kappa shape index (κ3) is 5.39. The summed E-state index contributed by atoms with van der Waals surface area (Å²) in [6, 6.07) is 14.0. The van der Waals surface area contributed by atoms with Crippen molar-refractivity contribution in [2.24, 2.45) is 0 Å². The third-order valence-corrected chi connectivity index (χ3v) is 6.79. The van der Waals surface area contributed by atoms with Crippen molar-refractivity contribution in [3.63, 3.8) is 0 Å². The number of allylic oxidation sites excluding steroid dienone is 1. The first kappa shape index (κ1) is 24.6. The van der Waals surface area contributed by atoms with Gasteiger partial charge in [0.25, 0.3) is 5.91 Å². The van der Waals surface area contributed by atoms with Crippen LogP contribution in [0, 0.1) is 0 Å². The van der Waals surface area contributed by atoms with Gasteiger partial charge in [-0.1, -0.05) is 12.1 Å². The number of pyridine rings is 1. The second kappa shape index (κ2) is 10.9. The lowest BCUT2D eigenvalue weighted by Crippen LogP contribution is -2.36. The molecule has 8 nitrogen and oxygen atoms in total. The number of benzene rings is 2. The van der Waals surface area contributed by atoms with Crippen molar-refractivity contribution in [1.29, 1.82) is 0 Å². The molecule has 3 aromatic rings. The number of nitrogens with zero attached hydrogens (tertiary/aromatic N) is 3. The molecule has 2 aliphatic rings. The SMILES string of the molecule is COC(=O)c1ccc2nc(C=CC(=O)c3ccc(C(=O)N4CCCC4)cc3)cc(N3CCOCC3)c2c1. The Morgan fingerprint density at radius 2 is 1.57 bits per heavy atom. The molecular weight excluding hydrogens is 470 g/mol. The van der Waals surface area contributed by atoms with Crippen molar-refractivity contribution in [2.45, 2.75) is 12.8 Å². The van der Waals surface area contributed by atoms with Crippen molar-refractivity contribution >= 4 is 40.3 Å². The number of carbonyl (C=O) groups is 3. The van der Waals surface area contributed by atoms with E-state index in [1.165, 1.54) is 13.2 Å². The van der Waals surface area contributed by atoms with Gasteiger partial charge in [0.05, 0.1) is 37.1 Å². The lowest BCUT2D eigenvalue weighted by Gasteiger charge is -2.30. The normalized spacial score (nSPS) is 15.9. The minimum Gasteiger partial charge on any atom is -0.465 e. The average Bonchev–Trinajstić information content (AvgIpc) is 3.50. The maximum Gasteiger partial charge on any atom is 0.337 e. The minimum absolute atomic E-state index is 0.0124. The Bertz CT molecular complexity index is 1350. The van der Waals surface area contributed by atoms with E-state index >= 15 is 0 Å². The van der Waals surface area contributed by atoms with Gasteiger partial charge in [0.15, 0.2) is 5.78 Å². The number of rotatable bonds is 6. The van der Waals surface area contributed by atoms with Crippen LogP contribution in [0.1, 0.15) is 49.6 Å². The molecule has 0 radical (unpaired) electrons. The van der Waals surface area contributed by atoms with Gasteiger partial charge in [0.1, 0.15) is 0 Å². The molecule has 2 aromatic carbocycles. The Hall–Kier alpha value is -4.04. The molecule has 0 atom stereocenters. The average molecular weight is 500 g/mol. The number of likely N-dealkylation sites (tertiary alicyclic amines) is 1. The number of esters is 1. The quantitative estimate of drug-likeness (QED) is 0.288. The topological polar surface area (TPSA) is 89.0 Å². The minimum atomic E-state index is -0.405. The number of hydrogen-bond donors (Lipinski definition) is 0. The Morgan fingerprint density at radius 3 is 2.27 bits per heavy atom. The molecule has 2 aliphatic heterocycles. The fourth-order valence-electron chi connectivity index (χ4n) is 4.76. The van der Waals surface area contributed by atoms with Crippen LogP contribution in [0.25, 0.3) is 17.0 Å². The summed E-state index contributed by atoms with van der Waals surface area (Å²) in [5.41, 5.74) is 3.83. The number of anilines is 1. The maximum absolute atomic E-state index is 12.9. The zero-order valence-corrected chi connectivity index (χ0v) is 20.8. The number of carbonyl (C=O) groups excluding carboxylic acids is 3. The first-order valence-electron chi connectivity index (χ1n) is 12.5. The van der Waals surface area contributed by atoms with Gasteiger partial charge in [-0.05, 0) is 61.4 Å². The van der Waals surface area contributed by atoms with Gasteiger partial charge in [-0.25, -0.2) is 9.78 Å². The van der Waals surface area contributed by atoms with E-state index in [2.05, 4.69) is 4.90 Å². The number of ether oxygens (including phenoxy) is 2. The molecule has 5 rings (SSSR count). The number of aromatic nitrogens is 1. The predicted molar refractivity (Wildman–Crippen MR) is 141 cm³/mol. The van der Waals surface area contributed by atoms with E-state index < -0.39 is 5.97 Å². The Balaban J connectivity index is 1.40. The first-order valence-corrected chi connectivity index (χ1v) is 12.5. The third-order valence-electron chi connectivity index (χ3n) is 6.79. The molecule has 1 amide bonds. The molecule has 8 heteroatoms. The predicted octanol–water partition coefficient (Wildman–Crippen LogP) is 3.99. The fourth-order valence-corrected chi connectivity index (χ4v) is 4.76. The second-order valence-corrected chi connectivity index (χ2v) is 9.16. The molecule has 0 aliphatic carbocycles. The van der Waals surface area contributed by atoms with Crippen LogP contribution in [0.2, 0.25) is 0 Å². The highest BCUT2D eigenvalue weighted by Crippen LogP contribution is 2.29. The van der Waals surface area contributed by atoms with Gasteiger partial charge in [-0.2, -0.15) is 0 Å². The standard InChI is InChI=1S/C29H29N3O5/c1-36-29(35)22-8-10-25-24(18-22)26(31-14-16-37-17-15-31)19-23(30-25)9-11-27(33)20-4-6-21(7-5-20)28(34)32-12-2-3-13-32/h4-11,18-19H,2-3,12-17H2,1H3. The number of hydrogen-bond acceptors (Lipinski definition) is 7. The van der Waals surface area contributed by atoms with E-state index in [0.29, 0.717) is 54.2 Å². The van der Waals surface area contributed by atoms with Gasteiger partial charge in [-0.3, -0.25) is 9.59 Å². The summed E-state index contributed by atoms with van der Waals surface area (Å²) >= 11 is 0. The molecule has 3 heterocycles. The van der Waals surface area contributed by atoms with Gasteiger partial charge < -0.3 is 19.3 Å². The zero-order chi connectivity index (χ0) is 25.8. The summed E-state index contributed by atoms with van der Waals surface area (Å²) in [4.78, 5) is 46.3. The van der Waals surface area contributed by atoms with E-state index in [0.717, 1.165) is 37.0 Å². The van der Waals surface area contributed by atoms with Gasteiger partial charge in [0.2, 0.25) is 0 Å². The summed E-state index contributed by atoms with van der Waals surface area (Å²) < 4.78 is 10.4. The Labute approximate surface area is 215 Å². The van der Waals surface area contributed by atoms with Crippen LogP contribution < -0.4 is 4.90 Å². The highest BCUT2D eigenvalue weighted by Gasteiger charge is 2.20. The molecular formula is C29H29N3O5. The van der Waals surface area contributed by atoms with Crippen molar-refractivity contribution in [1.82, 2.24) is 9.88 Å². The Kier molecular flexibility index (Phi) is 7.28. The molecule has 2 fully saturated rings.